The van der Waals surface area contributed by atoms with Crippen LogP contribution in [0.4, 0.5) is 11.9 Å². The molecule has 1 saturated heterocycles. The molecule has 0 amide bonds. The Hall–Kier alpha value is -1.43. The number of nitrogens with one attached hydrogen (secondary N) is 1. The standard InChI is InChI=1S/C8H14N6/c9-7-12-6(13-8(10)14-7)5-3-1-2-4-11-5/h5,11H,1-4H2,(H4,9,10,12,13,14)/t5-/m1/s1. The monoisotopic (exact) mass is 194 g/mol. The third kappa shape index (κ3) is 1.90. The van der Waals surface area contributed by atoms with E-state index in [0.29, 0.717) is 5.82 Å². The zero-order valence-corrected chi connectivity index (χ0v) is 7.90. The topological polar surface area (TPSA) is 103 Å². The molecule has 0 bridgehead atoms. The molecule has 1 aromatic rings. The average molecular weight is 194 g/mol. The van der Waals surface area contributed by atoms with Gasteiger partial charge in [-0.1, -0.05) is 6.42 Å². The van der Waals surface area contributed by atoms with Crippen molar-refractivity contribution in [3.63, 3.8) is 0 Å². The molecule has 0 unspecified atom stereocenters. The zero-order chi connectivity index (χ0) is 9.97. The fraction of sp³-hybridized carbons (Fsp3) is 0.625. The highest BCUT2D eigenvalue weighted by atomic mass is 15.2. The highest BCUT2D eigenvalue weighted by Crippen LogP contribution is 2.20. The first-order chi connectivity index (χ1) is 6.75. The Morgan fingerprint density at radius 1 is 1.07 bits per heavy atom. The molecule has 1 aliphatic heterocycles. The molecule has 1 aliphatic rings. The molecule has 2 heterocycles. The second-order valence-corrected chi connectivity index (χ2v) is 3.41. The minimum absolute atomic E-state index is 0.177. The molecule has 0 spiro atoms. The van der Waals surface area contributed by atoms with E-state index in [2.05, 4.69) is 20.3 Å². The van der Waals surface area contributed by atoms with Crippen molar-refractivity contribution in [3.05, 3.63) is 5.82 Å². The van der Waals surface area contributed by atoms with Crippen LogP contribution in [0.25, 0.3) is 0 Å². The Morgan fingerprint density at radius 2 is 1.79 bits per heavy atom. The first-order valence-corrected chi connectivity index (χ1v) is 4.76. The number of nitrogens with two attached hydrogens (primary N) is 2. The summed E-state index contributed by atoms with van der Waals surface area (Å²) in [6.45, 7) is 0.996. The van der Waals surface area contributed by atoms with Crippen molar-refractivity contribution < 1.29 is 0 Å². The van der Waals surface area contributed by atoms with Crippen molar-refractivity contribution in [3.8, 4) is 0 Å². The number of hydrogen-bond acceptors (Lipinski definition) is 6. The van der Waals surface area contributed by atoms with Gasteiger partial charge in [0.2, 0.25) is 11.9 Å². The van der Waals surface area contributed by atoms with Gasteiger partial charge in [0.05, 0.1) is 6.04 Å². The summed E-state index contributed by atoms with van der Waals surface area (Å²) in [5, 5.41) is 3.33. The van der Waals surface area contributed by atoms with Crippen molar-refractivity contribution in [1.29, 1.82) is 0 Å². The van der Waals surface area contributed by atoms with Crippen LogP contribution < -0.4 is 16.8 Å². The largest absolute Gasteiger partial charge is 0.368 e. The smallest absolute Gasteiger partial charge is 0.225 e. The van der Waals surface area contributed by atoms with Crippen LogP contribution in [0.2, 0.25) is 0 Å². The lowest BCUT2D eigenvalue weighted by atomic mass is 10.0. The number of hydrogen-bond donors (Lipinski definition) is 3. The van der Waals surface area contributed by atoms with Gasteiger partial charge in [-0.15, -0.1) is 0 Å². The number of aromatic nitrogens is 3. The molecular formula is C8H14N6. The maximum Gasteiger partial charge on any atom is 0.225 e. The molecule has 1 atom stereocenters. The molecule has 0 aromatic carbocycles. The van der Waals surface area contributed by atoms with Gasteiger partial charge >= 0.3 is 0 Å². The number of rotatable bonds is 1. The van der Waals surface area contributed by atoms with Crippen LogP contribution in [-0.4, -0.2) is 21.5 Å². The van der Waals surface area contributed by atoms with E-state index < -0.39 is 0 Å². The Balaban J connectivity index is 2.21. The summed E-state index contributed by atoms with van der Waals surface area (Å²) < 4.78 is 0. The van der Waals surface area contributed by atoms with Crippen LogP contribution in [-0.2, 0) is 0 Å². The lowest BCUT2D eigenvalue weighted by Crippen LogP contribution is -2.29. The molecule has 2 rings (SSSR count). The molecule has 5 N–H and O–H groups in total. The lowest BCUT2D eigenvalue weighted by molar-refractivity contribution is 0.397. The minimum Gasteiger partial charge on any atom is -0.368 e. The second kappa shape index (κ2) is 3.75. The first-order valence-electron chi connectivity index (χ1n) is 4.76. The van der Waals surface area contributed by atoms with E-state index in [1.54, 1.807) is 0 Å². The van der Waals surface area contributed by atoms with Gasteiger partial charge in [0, 0.05) is 0 Å². The Kier molecular flexibility index (Phi) is 2.45. The van der Waals surface area contributed by atoms with Crippen molar-refractivity contribution >= 4 is 11.9 Å². The molecule has 0 radical (unpaired) electrons. The molecular weight excluding hydrogens is 180 g/mol. The predicted molar refractivity (Wildman–Crippen MR) is 53.2 cm³/mol. The second-order valence-electron chi connectivity index (χ2n) is 3.41. The van der Waals surface area contributed by atoms with Gasteiger partial charge in [-0.3, -0.25) is 0 Å². The summed E-state index contributed by atoms with van der Waals surface area (Å²) in [7, 11) is 0. The third-order valence-electron chi connectivity index (χ3n) is 2.31. The van der Waals surface area contributed by atoms with Gasteiger partial charge in [0.15, 0.2) is 5.82 Å². The highest BCUT2D eigenvalue weighted by Gasteiger charge is 2.18. The maximum absolute atomic E-state index is 5.50. The molecule has 0 aliphatic carbocycles. The Labute approximate surface area is 82.1 Å². The number of anilines is 2. The van der Waals surface area contributed by atoms with E-state index in [1.807, 2.05) is 0 Å². The van der Waals surface area contributed by atoms with Crippen molar-refractivity contribution in [2.24, 2.45) is 0 Å². The van der Waals surface area contributed by atoms with E-state index in [1.165, 1.54) is 12.8 Å². The molecule has 1 fully saturated rings. The predicted octanol–water partition coefficient (Wildman–Crippen LogP) is -0.149. The van der Waals surface area contributed by atoms with E-state index in [-0.39, 0.29) is 17.9 Å². The fourth-order valence-corrected chi connectivity index (χ4v) is 1.66. The summed E-state index contributed by atoms with van der Waals surface area (Å²) in [5.74, 6) is 1.05. The van der Waals surface area contributed by atoms with Gasteiger partial charge in [0.25, 0.3) is 0 Å². The van der Waals surface area contributed by atoms with Gasteiger partial charge in [-0.05, 0) is 19.4 Å². The van der Waals surface area contributed by atoms with Crippen LogP contribution in [0.15, 0.2) is 0 Å². The molecule has 0 saturated carbocycles. The lowest BCUT2D eigenvalue weighted by Gasteiger charge is -2.21. The number of piperidine rings is 1. The highest BCUT2D eigenvalue weighted by molar-refractivity contribution is 5.26. The van der Waals surface area contributed by atoms with Gasteiger partial charge in [-0.25, -0.2) is 0 Å². The first kappa shape index (κ1) is 9.14. The summed E-state index contributed by atoms with van der Waals surface area (Å²) in [6.07, 6.45) is 3.42. The van der Waals surface area contributed by atoms with Crippen molar-refractivity contribution in [2.45, 2.75) is 25.3 Å². The molecule has 6 heteroatoms. The molecule has 6 nitrogen and oxygen atoms in total. The van der Waals surface area contributed by atoms with Crippen LogP contribution in [0, 0.1) is 0 Å². The van der Waals surface area contributed by atoms with Crippen LogP contribution >= 0.6 is 0 Å². The normalized spacial score (nSPS) is 22.1. The number of nitrogens with zero attached hydrogens (tertiary/aromatic N) is 3. The Morgan fingerprint density at radius 3 is 2.36 bits per heavy atom. The molecule has 1 aromatic heterocycles. The zero-order valence-electron chi connectivity index (χ0n) is 7.90. The van der Waals surface area contributed by atoms with E-state index >= 15 is 0 Å². The van der Waals surface area contributed by atoms with Crippen LogP contribution in [0.3, 0.4) is 0 Å². The van der Waals surface area contributed by atoms with Gasteiger partial charge in [-0.2, -0.15) is 15.0 Å². The molecule has 14 heavy (non-hydrogen) atoms. The summed E-state index contributed by atoms with van der Waals surface area (Å²) >= 11 is 0. The van der Waals surface area contributed by atoms with E-state index in [4.69, 9.17) is 11.5 Å². The number of nitrogen functional groups attached to an aromatic ring is 2. The van der Waals surface area contributed by atoms with Crippen LogP contribution in [0.1, 0.15) is 31.1 Å². The maximum atomic E-state index is 5.50. The fourth-order valence-electron chi connectivity index (χ4n) is 1.66. The van der Waals surface area contributed by atoms with Crippen LogP contribution in [0.5, 0.6) is 0 Å². The average Bonchev–Trinajstić information content (AvgIpc) is 2.18. The van der Waals surface area contributed by atoms with Gasteiger partial charge in [0.1, 0.15) is 0 Å². The summed E-state index contributed by atoms with van der Waals surface area (Å²) in [4.78, 5) is 11.9. The Bertz CT molecular complexity index is 299. The quantitative estimate of drug-likeness (QED) is 0.574. The van der Waals surface area contributed by atoms with Crippen molar-refractivity contribution in [1.82, 2.24) is 20.3 Å². The van der Waals surface area contributed by atoms with Crippen molar-refractivity contribution in [2.75, 3.05) is 18.0 Å². The molecule has 76 valence electrons. The summed E-state index contributed by atoms with van der Waals surface area (Å²) in [6, 6.07) is 0.177. The SMILES string of the molecule is Nc1nc(N)nc([C@H]2CCCCN2)n1. The van der Waals surface area contributed by atoms with E-state index in [0.717, 1.165) is 13.0 Å². The third-order valence-corrected chi connectivity index (χ3v) is 2.31. The van der Waals surface area contributed by atoms with E-state index in [9.17, 15) is 0 Å². The summed E-state index contributed by atoms with van der Waals surface area (Å²) in [5.41, 5.74) is 11.0. The minimum atomic E-state index is 0.177. The van der Waals surface area contributed by atoms with Gasteiger partial charge < -0.3 is 16.8 Å².